The molecule has 0 fully saturated rings. The summed E-state index contributed by atoms with van der Waals surface area (Å²) in [5.41, 5.74) is 11.9. The molecular weight excluding hydrogens is 673 g/mol. The number of nitrogens with zero attached hydrogens (tertiary/aromatic N) is 4. The molecular formula is C50H28N4O. The lowest BCUT2D eigenvalue weighted by Gasteiger charge is -2.17. The van der Waals surface area contributed by atoms with Gasteiger partial charge >= 0.3 is 0 Å². The van der Waals surface area contributed by atoms with Crippen LogP contribution in [0.1, 0.15) is 5.56 Å². The summed E-state index contributed by atoms with van der Waals surface area (Å²) < 4.78 is 10.7. The number of nitriles is 1. The third kappa shape index (κ3) is 4.51. The van der Waals surface area contributed by atoms with Crippen LogP contribution in [0.15, 0.2) is 174 Å². The number of hydrogen-bond acceptors (Lipinski definition) is 2. The lowest BCUT2D eigenvalue weighted by Crippen LogP contribution is -2.02. The van der Waals surface area contributed by atoms with Gasteiger partial charge in [-0.1, -0.05) is 109 Å². The first-order valence-corrected chi connectivity index (χ1v) is 18.2. The third-order valence-corrected chi connectivity index (χ3v) is 11.0. The zero-order valence-electron chi connectivity index (χ0n) is 29.4. The minimum atomic E-state index is 0.393. The van der Waals surface area contributed by atoms with Gasteiger partial charge in [0.15, 0.2) is 0 Å². The normalized spacial score (nSPS) is 11.6. The number of hydrogen-bond donors (Lipinski definition) is 0. The first-order chi connectivity index (χ1) is 27.2. The maximum Gasteiger partial charge on any atom is 0.235 e. The van der Waals surface area contributed by atoms with Crippen molar-refractivity contribution in [3.8, 4) is 39.7 Å². The Hall–Kier alpha value is -7.86. The van der Waals surface area contributed by atoms with Crippen molar-refractivity contribution in [2.45, 2.75) is 0 Å². The van der Waals surface area contributed by atoms with Gasteiger partial charge in [0.25, 0.3) is 0 Å². The molecule has 0 saturated carbocycles. The standard InChI is InChI=1S/C50H28N4O/c1-52-49-45(53-42-18-10-8-16-36(42)40-28-41-37-17-9-11-19-47(37)55-48(41)29-46(40)53)25-22-35(30-51)50(49)54-43-23-20-33(31-12-4-2-5-13-31)26-38(43)39-27-34(21-24-44(39)54)32-14-6-3-7-15-32/h2-29H. The van der Waals surface area contributed by atoms with Crippen molar-refractivity contribution in [1.29, 1.82) is 5.26 Å². The van der Waals surface area contributed by atoms with Gasteiger partial charge < -0.3 is 13.6 Å². The summed E-state index contributed by atoms with van der Waals surface area (Å²) in [4.78, 5) is 4.28. The summed E-state index contributed by atoms with van der Waals surface area (Å²) in [6, 6.07) is 60.7. The van der Waals surface area contributed by atoms with E-state index in [0.29, 0.717) is 22.6 Å². The number of para-hydroxylation sites is 2. The van der Waals surface area contributed by atoms with Crippen LogP contribution in [-0.4, -0.2) is 9.13 Å². The molecule has 5 nitrogen and oxygen atoms in total. The maximum atomic E-state index is 10.7. The third-order valence-electron chi connectivity index (χ3n) is 11.0. The van der Waals surface area contributed by atoms with Gasteiger partial charge in [-0.2, -0.15) is 5.26 Å². The fourth-order valence-corrected chi connectivity index (χ4v) is 8.51. The number of benzene rings is 8. The highest BCUT2D eigenvalue weighted by Gasteiger charge is 2.25. The molecule has 0 aliphatic rings. The molecule has 254 valence electrons. The van der Waals surface area contributed by atoms with E-state index in [1.807, 2.05) is 48.5 Å². The molecule has 0 N–H and O–H groups in total. The molecule has 0 bridgehead atoms. The minimum absolute atomic E-state index is 0.393. The molecule has 11 rings (SSSR count). The minimum Gasteiger partial charge on any atom is -0.456 e. The van der Waals surface area contributed by atoms with E-state index in [2.05, 4.69) is 141 Å². The number of aromatic nitrogens is 2. The fourth-order valence-electron chi connectivity index (χ4n) is 8.51. The average molecular weight is 701 g/mol. The van der Waals surface area contributed by atoms with E-state index in [4.69, 9.17) is 11.0 Å². The molecule has 0 spiro atoms. The van der Waals surface area contributed by atoms with Crippen molar-refractivity contribution in [3.63, 3.8) is 0 Å². The molecule has 0 radical (unpaired) electrons. The van der Waals surface area contributed by atoms with Gasteiger partial charge in [0.05, 0.1) is 51.6 Å². The summed E-state index contributed by atoms with van der Waals surface area (Å²) in [5, 5.41) is 17.1. The second-order valence-electron chi connectivity index (χ2n) is 13.9. The summed E-state index contributed by atoms with van der Waals surface area (Å²) in [6.07, 6.45) is 0. The summed E-state index contributed by atoms with van der Waals surface area (Å²) in [7, 11) is 0. The topological polar surface area (TPSA) is 51.1 Å². The van der Waals surface area contributed by atoms with Crippen LogP contribution in [0.25, 0.3) is 104 Å². The lowest BCUT2D eigenvalue weighted by atomic mass is 10.0. The second kappa shape index (κ2) is 11.8. The number of rotatable bonds is 4. The van der Waals surface area contributed by atoms with Crippen LogP contribution in [0, 0.1) is 17.9 Å². The highest BCUT2D eigenvalue weighted by atomic mass is 16.3. The Morgan fingerprint density at radius 1 is 0.455 bits per heavy atom. The Morgan fingerprint density at radius 3 is 1.69 bits per heavy atom. The molecule has 5 heteroatoms. The average Bonchev–Trinajstić information content (AvgIpc) is 3.89. The fraction of sp³-hybridized carbons (Fsp3) is 0. The molecule has 8 aromatic carbocycles. The number of fused-ring (bicyclic) bond motifs is 9. The largest absolute Gasteiger partial charge is 0.456 e. The zero-order valence-corrected chi connectivity index (χ0v) is 29.4. The Balaban J connectivity index is 1.23. The zero-order chi connectivity index (χ0) is 36.6. The monoisotopic (exact) mass is 700 g/mol. The molecule has 0 aliphatic heterocycles. The highest BCUT2D eigenvalue weighted by Crippen LogP contribution is 2.45. The Bertz CT molecular complexity index is 3350. The first kappa shape index (κ1) is 30.7. The molecule has 3 aromatic heterocycles. The Kier molecular flexibility index (Phi) is 6.61. The van der Waals surface area contributed by atoms with Crippen LogP contribution in [0.3, 0.4) is 0 Å². The van der Waals surface area contributed by atoms with Gasteiger partial charge in [-0.25, -0.2) is 4.85 Å². The van der Waals surface area contributed by atoms with Gasteiger partial charge in [-0.05, 0) is 76.9 Å². The molecule has 0 saturated heterocycles. The lowest BCUT2D eigenvalue weighted by molar-refractivity contribution is 0.669. The van der Waals surface area contributed by atoms with Gasteiger partial charge in [-0.3, -0.25) is 0 Å². The Labute approximate surface area is 315 Å². The second-order valence-corrected chi connectivity index (χ2v) is 13.9. The summed E-state index contributed by atoms with van der Waals surface area (Å²) in [5.74, 6) is 0. The predicted molar refractivity (Wildman–Crippen MR) is 224 cm³/mol. The quantitative estimate of drug-likeness (QED) is 0.172. The van der Waals surface area contributed by atoms with E-state index in [1.165, 1.54) is 0 Å². The van der Waals surface area contributed by atoms with Crippen molar-refractivity contribution in [2.24, 2.45) is 0 Å². The van der Waals surface area contributed by atoms with Crippen LogP contribution in [-0.2, 0) is 0 Å². The van der Waals surface area contributed by atoms with Crippen molar-refractivity contribution in [2.75, 3.05) is 0 Å². The van der Waals surface area contributed by atoms with Crippen LogP contribution >= 0.6 is 0 Å². The maximum absolute atomic E-state index is 10.7. The molecule has 0 aliphatic carbocycles. The van der Waals surface area contributed by atoms with E-state index >= 15 is 0 Å². The molecule has 0 unspecified atom stereocenters. The first-order valence-electron chi connectivity index (χ1n) is 18.2. The van der Waals surface area contributed by atoms with E-state index < -0.39 is 0 Å². The number of furan rings is 1. The van der Waals surface area contributed by atoms with Gasteiger partial charge in [-0.15, -0.1) is 0 Å². The Morgan fingerprint density at radius 2 is 1.04 bits per heavy atom. The van der Waals surface area contributed by atoms with E-state index in [-0.39, 0.29) is 0 Å². The van der Waals surface area contributed by atoms with Gasteiger partial charge in [0.2, 0.25) is 5.69 Å². The van der Waals surface area contributed by atoms with Crippen molar-refractivity contribution < 1.29 is 4.42 Å². The van der Waals surface area contributed by atoms with E-state index in [1.54, 1.807) is 0 Å². The van der Waals surface area contributed by atoms with Gasteiger partial charge in [0, 0.05) is 38.4 Å². The summed E-state index contributed by atoms with van der Waals surface area (Å²) >= 11 is 0. The molecule has 55 heavy (non-hydrogen) atoms. The van der Waals surface area contributed by atoms with Crippen molar-refractivity contribution >= 4 is 71.2 Å². The SMILES string of the molecule is [C-]#[N+]c1c(-n2c3ccccc3c3cc4c(cc32)oc2ccccc24)ccc(C#N)c1-n1c2ccc(-c3ccccc3)cc2c2cc(-c3ccccc3)ccc21. The summed E-state index contributed by atoms with van der Waals surface area (Å²) in [6.45, 7) is 8.80. The molecule has 3 heterocycles. The molecule has 0 amide bonds. The highest BCUT2D eigenvalue weighted by molar-refractivity contribution is 6.18. The molecule has 11 aromatic rings. The molecule has 0 atom stereocenters. The predicted octanol–water partition coefficient (Wildman–Crippen LogP) is 13.5. The van der Waals surface area contributed by atoms with Crippen molar-refractivity contribution in [1.82, 2.24) is 9.13 Å². The van der Waals surface area contributed by atoms with Crippen LogP contribution < -0.4 is 0 Å². The van der Waals surface area contributed by atoms with Crippen molar-refractivity contribution in [3.05, 3.63) is 187 Å². The van der Waals surface area contributed by atoms with E-state index in [0.717, 1.165) is 87.8 Å². The van der Waals surface area contributed by atoms with E-state index in [9.17, 15) is 5.26 Å². The van der Waals surface area contributed by atoms with Crippen LogP contribution in [0.2, 0.25) is 0 Å². The smallest absolute Gasteiger partial charge is 0.235 e. The van der Waals surface area contributed by atoms with Crippen LogP contribution in [0.5, 0.6) is 0 Å². The van der Waals surface area contributed by atoms with Crippen LogP contribution in [0.4, 0.5) is 5.69 Å². The van der Waals surface area contributed by atoms with Gasteiger partial charge in [0.1, 0.15) is 11.2 Å².